The van der Waals surface area contributed by atoms with Crippen LogP contribution >= 0.6 is 11.6 Å². The lowest BCUT2D eigenvalue weighted by molar-refractivity contribution is -0.137. The molecule has 1 saturated heterocycles. The molecule has 0 unspecified atom stereocenters. The van der Waals surface area contributed by atoms with Gasteiger partial charge in [0.25, 0.3) is 0 Å². The Bertz CT molecular complexity index is 1840. The second kappa shape index (κ2) is 11.6. The number of imide groups is 1. The molecule has 1 aliphatic heterocycles. The van der Waals surface area contributed by atoms with Crippen molar-refractivity contribution in [2.24, 2.45) is 5.41 Å². The quantitative estimate of drug-likeness (QED) is 0.188. The van der Waals surface area contributed by atoms with Crippen LogP contribution in [0.5, 0.6) is 0 Å². The summed E-state index contributed by atoms with van der Waals surface area (Å²) in [6, 6.07) is 19.9. The molecule has 2 aromatic heterocycles. The molecule has 1 saturated carbocycles. The molecule has 0 bridgehead atoms. The number of hydrogen-bond acceptors (Lipinski definition) is 6. The van der Waals surface area contributed by atoms with E-state index < -0.39 is 0 Å². The van der Waals surface area contributed by atoms with Gasteiger partial charge < -0.3 is 4.57 Å². The molecule has 10 heteroatoms. The Hall–Kier alpha value is -4.37. The van der Waals surface area contributed by atoms with Crippen LogP contribution < -0.4 is 4.90 Å². The average molecular weight is 608 g/mol. The summed E-state index contributed by atoms with van der Waals surface area (Å²) in [5.41, 5.74) is 5.95. The van der Waals surface area contributed by atoms with Crippen molar-refractivity contribution in [2.45, 2.75) is 71.3 Å². The van der Waals surface area contributed by atoms with E-state index in [-0.39, 0.29) is 17.2 Å². The maximum absolute atomic E-state index is 13.7. The van der Waals surface area contributed by atoms with E-state index in [0.29, 0.717) is 35.9 Å². The molecule has 3 heterocycles. The summed E-state index contributed by atoms with van der Waals surface area (Å²) < 4.78 is 2.24. The zero-order valence-electron chi connectivity index (χ0n) is 24.7. The lowest BCUT2D eigenvalue weighted by Gasteiger charge is -2.38. The predicted molar refractivity (Wildman–Crippen MR) is 170 cm³/mol. The molecule has 2 fully saturated rings. The lowest BCUT2D eigenvalue weighted by atomic mass is 9.77. The predicted octanol–water partition coefficient (Wildman–Crippen LogP) is 7.14. The second-order valence-corrected chi connectivity index (χ2v) is 12.5. The summed E-state index contributed by atoms with van der Waals surface area (Å²) in [5, 5.41) is 15.1. The van der Waals surface area contributed by atoms with E-state index >= 15 is 0 Å². The number of hydrogen-bond donors (Lipinski definition) is 1. The first kappa shape index (κ1) is 28.4. The lowest BCUT2D eigenvalue weighted by Crippen LogP contribution is -2.50. The van der Waals surface area contributed by atoms with Crippen molar-refractivity contribution in [3.63, 3.8) is 0 Å². The zero-order chi connectivity index (χ0) is 30.3. The van der Waals surface area contributed by atoms with E-state index in [1.807, 2.05) is 36.4 Å². The van der Waals surface area contributed by atoms with Gasteiger partial charge in [-0.3, -0.25) is 14.5 Å². The number of halogens is 1. The van der Waals surface area contributed by atoms with E-state index in [2.05, 4.69) is 56.4 Å². The number of carbonyl (C=O) groups excluding carboxylic acids is 2. The highest BCUT2D eigenvalue weighted by atomic mass is 35.5. The van der Waals surface area contributed by atoms with Crippen LogP contribution in [0.15, 0.2) is 60.7 Å². The molecule has 2 amide bonds. The van der Waals surface area contributed by atoms with Gasteiger partial charge in [0.2, 0.25) is 17.6 Å². The van der Waals surface area contributed by atoms with Crippen molar-refractivity contribution in [1.82, 2.24) is 30.2 Å². The third kappa shape index (κ3) is 5.09. The molecule has 2 aliphatic rings. The number of benzene rings is 3. The number of H-pyrrole nitrogens is 1. The zero-order valence-corrected chi connectivity index (χ0v) is 25.5. The smallest absolute Gasteiger partial charge is 0.239 e. The SMILES string of the molecule is CCCCc1nc2ccc(N3C(=O)CCC4(CCCC4)C3=O)cc2n1Cc1ccc(-c2ccc(Cl)cc2-c2nn[nH]n2)cc1. The van der Waals surface area contributed by atoms with Crippen molar-refractivity contribution >= 4 is 40.1 Å². The van der Waals surface area contributed by atoms with Crippen LogP contribution in [-0.2, 0) is 22.6 Å². The van der Waals surface area contributed by atoms with Crippen LogP contribution in [0.4, 0.5) is 5.69 Å². The topological polar surface area (TPSA) is 110 Å². The fourth-order valence-corrected chi connectivity index (χ4v) is 7.07. The number of amides is 2. The normalized spacial score (nSPS) is 16.5. The van der Waals surface area contributed by atoms with E-state index in [1.54, 1.807) is 0 Å². The van der Waals surface area contributed by atoms with Gasteiger partial charge in [0.15, 0.2) is 0 Å². The van der Waals surface area contributed by atoms with Crippen molar-refractivity contribution in [2.75, 3.05) is 4.90 Å². The summed E-state index contributed by atoms with van der Waals surface area (Å²) >= 11 is 6.30. The van der Waals surface area contributed by atoms with E-state index in [4.69, 9.17) is 16.6 Å². The van der Waals surface area contributed by atoms with Crippen LogP contribution in [-0.4, -0.2) is 42.0 Å². The number of fused-ring (bicyclic) bond motifs is 1. The molecule has 9 nitrogen and oxygen atoms in total. The molecule has 1 N–H and O–H groups in total. The van der Waals surface area contributed by atoms with Crippen LogP contribution in [0.2, 0.25) is 5.02 Å². The van der Waals surface area contributed by atoms with E-state index in [1.165, 1.54) is 4.90 Å². The van der Waals surface area contributed by atoms with E-state index in [0.717, 1.165) is 84.1 Å². The number of tetrazole rings is 1. The Morgan fingerprint density at radius 3 is 2.52 bits per heavy atom. The monoisotopic (exact) mass is 607 g/mol. The molecule has 7 rings (SSSR count). The number of aromatic amines is 1. The summed E-state index contributed by atoms with van der Waals surface area (Å²) in [4.78, 5) is 33.3. The van der Waals surface area contributed by atoms with Crippen LogP contribution in [0.1, 0.15) is 69.7 Å². The summed E-state index contributed by atoms with van der Waals surface area (Å²) in [6.45, 7) is 2.79. The molecular weight excluding hydrogens is 574 g/mol. The first-order valence-electron chi connectivity index (χ1n) is 15.4. The standard InChI is InChI=1S/C34H34ClN7O2/c1-2-3-6-30-36-28-14-12-25(42-31(43)15-18-34(33(42)44)16-4-5-17-34)20-29(28)41(30)21-22-7-9-23(10-8-22)26-13-11-24(35)19-27(26)32-37-39-40-38-32/h7-14,19-20H,2-6,15-18,21H2,1H3,(H,37,38,39,40). The molecular formula is C34H34ClN7O2. The van der Waals surface area contributed by atoms with Gasteiger partial charge in [-0.1, -0.05) is 68.1 Å². The fraction of sp³-hybridized carbons (Fsp3) is 0.353. The van der Waals surface area contributed by atoms with Crippen LogP contribution in [0, 0.1) is 5.41 Å². The minimum absolute atomic E-state index is 0.0270. The highest BCUT2D eigenvalue weighted by Gasteiger charge is 2.48. The first-order chi connectivity index (χ1) is 21.5. The minimum Gasteiger partial charge on any atom is -0.323 e. The van der Waals surface area contributed by atoms with Gasteiger partial charge in [-0.15, -0.1) is 10.2 Å². The largest absolute Gasteiger partial charge is 0.323 e. The Labute approximate surface area is 260 Å². The number of piperidine rings is 1. The number of anilines is 1. The van der Waals surface area contributed by atoms with Gasteiger partial charge in [0, 0.05) is 30.0 Å². The van der Waals surface area contributed by atoms with Crippen LogP contribution in [0.3, 0.4) is 0 Å². The number of nitrogens with zero attached hydrogens (tertiary/aromatic N) is 6. The average Bonchev–Trinajstić information content (AvgIpc) is 3.81. The van der Waals surface area contributed by atoms with Crippen molar-refractivity contribution in [3.05, 3.63) is 77.1 Å². The van der Waals surface area contributed by atoms with E-state index in [9.17, 15) is 9.59 Å². The molecule has 0 atom stereocenters. The summed E-state index contributed by atoms with van der Waals surface area (Å²) in [5.74, 6) is 1.35. The first-order valence-corrected chi connectivity index (χ1v) is 15.8. The number of imidazole rings is 1. The fourth-order valence-electron chi connectivity index (χ4n) is 6.90. The van der Waals surface area contributed by atoms with Crippen molar-refractivity contribution < 1.29 is 9.59 Å². The maximum Gasteiger partial charge on any atom is 0.239 e. The van der Waals surface area contributed by atoms with Crippen LogP contribution in [0.25, 0.3) is 33.5 Å². The van der Waals surface area contributed by atoms with Crippen molar-refractivity contribution in [1.29, 1.82) is 0 Å². The second-order valence-electron chi connectivity index (χ2n) is 12.0. The molecule has 224 valence electrons. The molecule has 5 aromatic rings. The Balaban J connectivity index is 1.23. The van der Waals surface area contributed by atoms with Gasteiger partial charge in [-0.25, -0.2) is 4.98 Å². The number of rotatable bonds is 8. The van der Waals surface area contributed by atoms with Gasteiger partial charge in [-0.2, -0.15) is 5.21 Å². The number of aryl methyl sites for hydroxylation is 1. The molecule has 1 spiro atoms. The third-order valence-electron chi connectivity index (χ3n) is 9.28. The number of unbranched alkanes of at least 4 members (excludes halogenated alkanes) is 1. The van der Waals surface area contributed by atoms with Crippen molar-refractivity contribution in [3.8, 4) is 22.5 Å². The molecule has 1 aliphatic carbocycles. The van der Waals surface area contributed by atoms with Gasteiger partial charge in [-0.05, 0) is 77.9 Å². The third-order valence-corrected chi connectivity index (χ3v) is 9.52. The minimum atomic E-state index is -0.384. The summed E-state index contributed by atoms with van der Waals surface area (Å²) in [7, 11) is 0. The molecule has 3 aromatic carbocycles. The highest BCUT2D eigenvalue weighted by Crippen LogP contribution is 2.47. The Morgan fingerprint density at radius 1 is 0.955 bits per heavy atom. The van der Waals surface area contributed by atoms with Gasteiger partial charge in [0.05, 0.1) is 22.1 Å². The molecule has 0 radical (unpaired) electrons. The maximum atomic E-state index is 13.7. The van der Waals surface area contributed by atoms with Gasteiger partial charge in [0.1, 0.15) is 5.82 Å². The Morgan fingerprint density at radius 2 is 1.77 bits per heavy atom. The number of aromatic nitrogens is 6. The number of nitrogens with one attached hydrogen (secondary N) is 1. The Kier molecular flexibility index (Phi) is 7.50. The molecule has 44 heavy (non-hydrogen) atoms. The number of carbonyl (C=O) groups is 2. The summed E-state index contributed by atoms with van der Waals surface area (Å²) in [6.07, 6.45) is 7.87. The highest BCUT2D eigenvalue weighted by molar-refractivity contribution is 6.31. The van der Waals surface area contributed by atoms with Gasteiger partial charge >= 0.3 is 0 Å².